The van der Waals surface area contributed by atoms with Crippen LogP contribution in [0.2, 0.25) is 0 Å². The number of esters is 1. The smallest absolute Gasteiger partial charge is 0.336 e. The lowest BCUT2D eigenvalue weighted by molar-refractivity contribution is -0.159. The molecule has 4 rings (SSSR count). The SMILES string of the molecule is Cc1cc2oc(=O)cc(COC(=O)[C@H](C)N3C(=O)[C@H]4CC=CC[C@@H]4C3=O)c2cc1C. The number of carbonyl (C=O) groups is 3. The molecule has 2 aromatic rings. The van der Waals surface area contributed by atoms with Gasteiger partial charge in [-0.05, 0) is 56.9 Å². The van der Waals surface area contributed by atoms with Crippen molar-refractivity contribution < 1.29 is 23.5 Å². The Kier molecular flexibility index (Phi) is 5.05. The summed E-state index contributed by atoms with van der Waals surface area (Å²) in [6.07, 6.45) is 4.82. The summed E-state index contributed by atoms with van der Waals surface area (Å²) in [6.45, 7) is 5.20. The van der Waals surface area contributed by atoms with Gasteiger partial charge in [-0.25, -0.2) is 9.59 Å². The molecule has 2 aliphatic rings. The highest BCUT2D eigenvalue weighted by Crippen LogP contribution is 2.36. The Hall–Kier alpha value is -3.22. The Bertz CT molecular complexity index is 1120. The highest BCUT2D eigenvalue weighted by atomic mass is 16.5. The molecule has 3 atom stereocenters. The second-order valence-electron chi connectivity index (χ2n) is 8.01. The molecule has 1 saturated heterocycles. The number of fused-ring (bicyclic) bond motifs is 2. The minimum absolute atomic E-state index is 0.154. The van der Waals surface area contributed by atoms with E-state index in [1.165, 1.54) is 13.0 Å². The molecule has 0 radical (unpaired) electrons. The zero-order valence-electron chi connectivity index (χ0n) is 17.1. The summed E-state index contributed by atoms with van der Waals surface area (Å²) in [5.41, 5.74) is 2.40. The largest absolute Gasteiger partial charge is 0.459 e. The minimum Gasteiger partial charge on any atom is -0.459 e. The van der Waals surface area contributed by atoms with E-state index in [1.807, 2.05) is 32.1 Å². The van der Waals surface area contributed by atoms with Crippen LogP contribution in [0.25, 0.3) is 11.0 Å². The molecular weight excluding hydrogens is 386 g/mol. The van der Waals surface area contributed by atoms with Gasteiger partial charge >= 0.3 is 11.6 Å². The summed E-state index contributed by atoms with van der Waals surface area (Å²) in [7, 11) is 0. The van der Waals surface area contributed by atoms with Crippen LogP contribution in [0.4, 0.5) is 0 Å². The fourth-order valence-corrected chi connectivity index (χ4v) is 4.18. The van der Waals surface area contributed by atoms with E-state index >= 15 is 0 Å². The minimum atomic E-state index is -1.02. The first-order valence-electron chi connectivity index (χ1n) is 10.0. The lowest BCUT2D eigenvalue weighted by atomic mass is 9.85. The standard InChI is InChI=1S/C23H23NO6/c1-12-8-18-15(10-20(25)30-19(18)9-13(12)2)11-29-23(28)14(3)24-21(26)16-6-4-5-7-17(16)22(24)27/h4-5,8-10,14,16-17H,6-7,11H2,1-3H3/t14-,16-,17-/m0/s1. The molecule has 7 heteroatoms. The fourth-order valence-electron chi connectivity index (χ4n) is 4.18. The third kappa shape index (κ3) is 3.34. The summed E-state index contributed by atoms with van der Waals surface area (Å²) in [4.78, 5) is 50.9. The number of carbonyl (C=O) groups excluding carboxylic acids is 3. The summed E-state index contributed by atoms with van der Waals surface area (Å²) in [5.74, 6) is -2.13. The molecule has 1 aliphatic carbocycles. The van der Waals surface area contributed by atoms with Crippen LogP contribution in [-0.4, -0.2) is 28.7 Å². The lowest BCUT2D eigenvalue weighted by Gasteiger charge is -2.21. The summed E-state index contributed by atoms with van der Waals surface area (Å²) in [6, 6.07) is 3.93. The molecule has 0 unspecified atom stereocenters. The van der Waals surface area contributed by atoms with Crippen molar-refractivity contribution in [1.82, 2.24) is 4.90 Å². The Morgan fingerprint density at radius 3 is 2.30 bits per heavy atom. The average molecular weight is 409 g/mol. The van der Waals surface area contributed by atoms with Gasteiger partial charge in [-0.15, -0.1) is 0 Å². The maximum atomic E-state index is 12.7. The van der Waals surface area contributed by atoms with Crippen molar-refractivity contribution in [3.8, 4) is 0 Å². The summed E-state index contributed by atoms with van der Waals surface area (Å²) < 4.78 is 10.7. The number of benzene rings is 1. The second-order valence-corrected chi connectivity index (χ2v) is 8.01. The number of likely N-dealkylation sites (tertiary alicyclic amines) is 1. The lowest BCUT2D eigenvalue weighted by Crippen LogP contribution is -2.44. The zero-order chi connectivity index (χ0) is 21.6. The van der Waals surface area contributed by atoms with Crippen LogP contribution in [0.1, 0.15) is 36.5 Å². The average Bonchev–Trinajstić information content (AvgIpc) is 2.97. The molecule has 1 aromatic heterocycles. The Morgan fingerprint density at radius 2 is 1.67 bits per heavy atom. The molecule has 2 heterocycles. The Balaban J connectivity index is 1.53. The number of ether oxygens (including phenoxy) is 1. The molecule has 2 amide bonds. The van der Waals surface area contributed by atoms with Crippen LogP contribution in [-0.2, 0) is 25.7 Å². The van der Waals surface area contributed by atoms with E-state index in [0.717, 1.165) is 16.0 Å². The van der Waals surface area contributed by atoms with Gasteiger partial charge in [-0.2, -0.15) is 0 Å². The molecule has 1 aromatic carbocycles. The van der Waals surface area contributed by atoms with Gasteiger partial charge in [0.05, 0.1) is 11.8 Å². The van der Waals surface area contributed by atoms with Crippen molar-refractivity contribution in [1.29, 1.82) is 0 Å². The fraction of sp³-hybridized carbons (Fsp3) is 0.391. The van der Waals surface area contributed by atoms with E-state index in [2.05, 4.69) is 0 Å². The normalized spacial score (nSPS) is 21.8. The van der Waals surface area contributed by atoms with Gasteiger partial charge in [0.25, 0.3) is 0 Å². The quantitative estimate of drug-likeness (QED) is 0.334. The van der Waals surface area contributed by atoms with E-state index < -0.39 is 29.5 Å². The predicted molar refractivity (Wildman–Crippen MR) is 108 cm³/mol. The molecular formula is C23H23NO6. The van der Waals surface area contributed by atoms with Gasteiger partial charge in [0.15, 0.2) is 0 Å². The van der Waals surface area contributed by atoms with Gasteiger partial charge in [0.2, 0.25) is 11.8 Å². The van der Waals surface area contributed by atoms with Crippen LogP contribution >= 0.6 is 0 Å². The molecule has 0 saturated carbocycles. The summed E-state index contributed by atoms with van der Waals surface area (Å²) >= 11 is 0. The van der Waals surface area contributed by atoms with E-state index in [0.29, 0.717) is 29.4 Å². The zero-order valence-corrected chi connectivity index (χ0v) is 17.1. The third-order valence-electron chi connectivity index (χ3n) is 6.08. The number of amides is 2. The molecule has 0 bridgehead atoms. The molecule has 1 aliphatic heterocycles. The number of hydrogen-bond acceptors (Lipinski definition) is 6. The predicted octanol–water partition coefficient (Wildman–Crippen LogP) is 2.79. The first-order chi connectivity index (χ1) is 14.3. The number of rotatable bonds is 4. The number of allylic oxidation sites excluding steroid dienone is 2. The number of imide groups is 1. The van der Waals surface area contributed by atoms with Crippen molar-refractivity contribution in [2.24, 2.45) is 11.8 Å². The molecule has 156 valence electrons. The van der Waals surface area contributed by atoms with Crippen LogP contribution in [0.15, 0.2) is 39.6 Å². The molecule has 0 N–H and O–H groups in total. The number of nitrogens with zero attached hydrogens (tertiary/aromatic N) is 1. The molecule has 0 spiro atoms. The van der Waals surface area contributed by atoms with E-state index in [-0.39, 0.29) is 18.4 Å². The number of aryl methyl sites for hydroxylation is 2. The van der Waals surface area contributed by atoms with Gasteiger partial charge in [-0.3, -0.25) is 14.5 Å². The maximum Gasteiger partial charge on any atom is 0.336 e. The highest BCUT2D eigenvalue weighted by Gasteiger charge is 2.50. The van der Waals surface area contributed by atoms with E-state index in [9.17, 15) is 19.2 Å². The van der Waals surface area contributed by atoms with Gasteiger partial charge in [0, 0.05) is 17.0 Å². The van der Waals surface area contributed by atoms with Crippen molar-refractivity contribution in [3.05, 3.63) is 57.5 Å². The van der Waals surface area contributed by atoms with Crippen molar-refractivity contribution in [2.75, 3.05) is 0 Å². The van der Waals surface area contributed by atoms with Crippen LogP contribution in [0.5, 0.6) is 0 Å². The highest BCUT2D eigenvalue weighted by molar-refractivity contribution is 6.08. The monoisotopic (exact) mass is 409 g/mol. The number of hydrogen-bond donors (Lipinski definition) is 0. The van der Waals surface area contributed by atoms with Crippen LogP contribution < -0.4 is 5.63 Å². The van der Waals surface area contributed by atoms with Crippen molar-refractivity contribution >= 4 is 28.8 Å². The molecule has 30 heavy (non-hydrogen) atoms. The summed E-state index contributed by atoms with van der Waals surface area (Å²) in [5, 5.41) is 0.684. The van der Waals surface area contributed by atoms with Crippen molar-refractivity contribution in [3.63, 3.8) is 0 Å². The first kappa shape index (κ1) is 20.1. The van der Waals surface area contributed by atoms with Crippen molar-refractivity contribution in [2.45, 2.75) is 46.3 Å². The Labute approximate surface area is 173 Å². The first-order valence-corrected chi connectivity index (χ1v) is 10.0. The van der Waals surface area contributed by atoms with Gasteiger partial charge in [-0.1, -0.05) is 12.2 Å². The topological polar surface area (TPSA) is 93.9 Å². The van der Waals surface area contributed by atoms with Gasteiger partial charge in [0.1, 0.15) is 18.2 Å². The second kappa shape index (κ2) is 7.55. The van der Waals surface area contributed by atoms with E-state index in [1.54, 1.807) is 6.07 Å². The Morgan fingerprint density at radius 1 is 1.07 bits per heavy atom. The molecule has 1 fully saturated rings. The van der Waals surface area contributed by atoms with E-state index in [4.69, 9.17) is 9.15 Å². The van der Waals surface area contributed by atoms with Gasteiger partial charge < -0.3 is 9.15 Å². The van der Waals surface area contributed by atoms with Crippen LogP contribution in [0, 0.1) is 25.7 Å². The molecule has 7 nitrogen and oxygen atoms in total. The van der Waals surface area contributed by atoms with Crippen LogP contribution in [0.3, 0.4) is 0 Å². The maximum absolute atomic E-state index is 12.7. The third-order valence-corrected chi connectivity index (χ3v) is 6.08.